The van der Waals surface area contributed by atoms with Crippen LogP contribution in [0.2, 0.25) is 0 Å². The second-order valence-electron chi connectivity index (χ2n) is 4.80. The molecule has 0 saturated heterocycles. The van der Waals surface area contributed by atoms with Crippen LogP contribution >= 0.6 is 0 Å². The first kappa shape index (κ1) is 14.8. The number of carbonyl (C=O) groups excluding carboxylic acids is 1. The van der Waals surface area contributed by atoms with Crippen LogP contribution < -0.4 is 14.2 Å². The number of nitro groups is 1. The molecule has 23 heavy (non-hydrogen) atoms. The van der Waals surface area contributed by atoms with Gasteiger partial charge in [-0.25, -0.2) is 0 Å². The third-order valence-corrected chi connectivity index (χ3v) is 3.35. The molecule has 7 nitrogen and oxygen atoms in total. The van der Waals surface area contributed by atoms with E-state index in [1.165, 1.54) is 12.1 Å². The van der Waals surface area contributed by atoms with Gasteiger partial charge in [-0.15, -0.1) is 0 Å². The molecule has 1 aliphatic heterocycles. The molecule has 0 aromatic heterocycles. The van der Waals surface area contributed by atoms with E-state index < -0.39 is 11.2 Å². The Labute approximate surface area is 131 Å². The number of hydrogen-bond donors (Lipinski definition) is 0. The van der Waals surface area contributed by atoms with E-state index in [9.17, 15) is 14.9 Å². The van der Waals surface area contributed by atoms with Gasteiger partial charge in [0.1, 0.15) is 5.75 Å². The van der Waals surface area contributed by atoms with Crippen LogP contribution in [0.1, 0.15) is 29.1 Å². The molecule has 1 unspecified atom stereocenters. The molecule has 0 amide bonds. The van der Waals surface area contributed by atoms with Crippen molar-refractivity contribution in [2.75, 3.05) is 6.61 Å². The molecule has 1 heterocycles. The topological polar surface area (TPSA) is 87.9 Å². The lowest BCUT2D eigenvalue weighted by Crippen LogP contribution is -2.07. The SMILES string of the molecule is CCOc1ccc(C2Oc3cc(C=O)c([N+](=O)[O-])cc3O2)cc1. The Hall–Kier alpha value is -3.09. The van der Waals surface area contributed by atoms with Crippen molar-refractivity contribution < 1.29 is 23.9 Å². The fraction of sp³-hybridized carbons (Fsp3) is 0.188. The van der Waals surface area contributed by atoms with Gasteiger partial charge in [0, 0.05) is 11.6 Å². The van der Waals surface area contributed by atoms with Gasteiger partial charge in [0.05, 0.1) is 23.2 Å². The minimum absolute atomic E-state index is 0.0512. The molecule has 0 N–H and O–H groups in total. The Morgan fingerprint density at radius 2 is 1.87 bits per heavy atom. The maximum absolute atomic E-state index is 11.0. The number of nitrogens with zero attached hydrogens (tertiary/aromatic N) is 1. The lowest BCUT2D eigenvalue weighted by Gasteiger charge is -2.11. The van der Waals surface area contributed by atoms with Crippen LogP contribution in [0.4, 0.5) is 5.69 Å². The Balaban J connectivity index is 1.86. The number of benzene rings is 2. The molecule has 0 saturated carbocycles. The summed E-state index contributed by atoms with van der Waals surface area (Å²) in [5.41, 5.74) is 0.374. The van der Waals surface area contributed by atoms with Crippen molar-refractivity contribution >= 4 is 12.0 Å². The third-order valence-electron chi connectivity index (χ3n) is 3.35. The average Bonchev–Trinajstić information content (AvgIpc) is 2.97. The summed E-state index contributed by atoms with van der Waals surface area (Å²) in [6.45, 7) is 2.46. The lowest BCUT2D eigenvalue weighted by atomic mass is 10.2. The van der Waals surface area contributed by atoms with Gasteiger partial charge in [-0.3, -0.25) is 14.9 Å². The molecular weight excluding hydrogens is 302 g/mol. The van der Waals surface area contributed by atoms with E-state index in [0.717, 1.165) is 11.3 Å². The highest BCUT2D eigenvalue weighted by atomic mass is 16.7. The van der Waals surface area contributed by atoms with Crippen molar-refractivity contribution in [2.24, 2.45) is 0 Å². The Bertz CT molecular complexity index is 756. The molecule has 0 bridgehead atoms. The number of aldehydes is 1. The number of carbonyl (C=O) groups is 1. The predicted molar refractivity (Wildman–Crippen MR) is 80.1 cm³/mol. The Morgan fingerprint density at radius 3 is 2.43 bits per heavy atom. The molecule has 7 heteroatoms. The van der Waals surface area contributed by atoms with Crippen molar-refractivity contribution in [3.05, 3.63) is 57.6 Å². The van der Waals surface area contributed by atoms with Crippen LogP contribution in [0.5, 0.6) is 17.2 Å². The molecule has 3 rings (SSSR count). The highest BCUT2D eigenvalue weighted by Gasteiger charge is 2.30. The molecular formula is C16H13NO6. The molecule has 0 radical (unpaired) electrons. The highest BCUT2D eigenvalue weighted by molar-refractivity contribution is 5.83. The van der Waals surface area contributed by atoms with Gasteiger partial charge in [0.2, 0.25) is 0 Å². The summed E-state index contributed by atoms with van der Waals surface area (Å²) in [5.74, 6) is 1.27. The predicted octanol–water partition coefficient (Wildman–Crippen LogP) is 3.28. The van der Waals surface area contributed by atoms with Gasteiger partial charge >= 0.3 is 0 Å². The quantitative estimate of drug-likeness (QED) is 0.478. The van der Waals surface area contributed by atoms with Gasteiger partial charge in [-0.05, 0) is 31.2 Å². The standard InChI is InChI=1S/C16H13NO6/c1-2-21-12-5-3-10(4-6-12)16-22-14-7-11(9-18)13(17(19)20)8-15(14)23-16/h3-9,16H,2H2,1H3. The van der Waals surface area contributed by atoms with Crippen LogP contribution in [0, 0.1) is 10.1 Å². The number of ether oxygens (including phenoxy) is 3. The van der Waals surface area contributed by atoms with E-state index in [1.54, 1.807) is 24.3 Å². The monoisotopic (exact) mass is 315 g/mol. The average molecular weight is 315 g/mol. The number of rotatable bonds is 5. The zero-order valence-corrected chi connectivity index (χ0v) is 12.2. The van der Waals surface area contributed by atoms with Gasteiger partial charge in [-0.1, -0.05) is 0 Å². The van der Waals surface area contributed by atoms with E-state index in [2.05, 4.69) is 0 Å². The first-order chi connectivity index (χ1) is 11.1. The first-order valence-corrected chi connectivity index (χ1v) is 6.96. The molecule has 2 aromatic carbocycles. The number of fused-ring (bicyclic) bond motifs is 1. The van der Waals surface area contributed by atoms with E-state index in [0.29, 0.717) is 18.6 Å². The summed E-state index contributed by atoms with van der Waals surface area (Å²) in [4.78, 5) is 21.3. The Kier molecular flexibility index (Phi) is 3.84. The zero-order valence-electron chi connectivity index (χ0n) is 12.2. The minimum atomic E-state index is -0.720. The maximum Gasteiger partial charge on any atom is 0.283 e. The van der Waals surface area contributed by atoms with Crippen LogP contribution in [0.25, 0.3) is 0 Å². The second-order valence-corrected chi connectivity index (χ2v) is 4.80. The van der Waals surface area contributed by atoms with Crippen molar-refractivity contribution in [2.45, 2.75) is 13.2 Å². The van der Waals surface area contributed by atoms with Gasteiger partial charge in [-0.2, -0.15) is 0 Å². The molecule has 1 aliphatic rings. The summed E-state index contributed by atoms with van der Waals surface area (Å²) in [6, 6.07) is 9.66. The normalized spacial score (nSPS) is 15.3. The smallest absolute Gasteiger partial charge is 0.283 e. The van der Waals surface area contributed by atoms with Gasteiger partial charge < -0.3 is 14.2 Å². The molecule has 2 aromatic rings. The van der Waals surface area contributed by atoms with E-state index in [4.69, 9.17) is 14.2 Å². The van der Waals surface area contributed by atoms with Crippen molar-refractivity contribution in [3.8, 4) is 17.2 Å². The molecule has 0 aliphatic carbocycles. The van der Waals surface area contributed by atoms with Crippen molar-refractivity contribution in [1.82, 2.24) is 0 Å². The molecule has 0 fully saturated rings. The van der Waals surface area contributed by atoms with Crippen LogP contribution in [-0.4, -0.2) is 17.8 Å². The summed E-state index contributed by atoms with van der Waals surface area (Å²) in [7, 11) is 0. The van der Waals surface area contributed by atoms with E-state index in [-0.39, 0.29) is 17.0 Å². The van der Waals surface area contributed by atoms with Crippen LogP contribution in [-0.2, 0) is 0 Å². The summed E-state index contributed by atoms with van der Waals surface area (Å²) >= 11 is 0. The second kappa shape index (κ2) is 5.96. The fourth-order valence-corrected chi connectivity index (χ4v) is 2.28. The third kappa shape index (κ3) is 2.80. The van der Waals surface area contributed by atoms with Crippen molar-refractivity contribution in [3.63, 3.8) is 0 Å². The summed E-state index contributed by atoms with van der Waals surface area (Å²) in [5, 5.41) is 11.0. The zero-order chi connectivity index (χ0) is 16.4. The van der Waals surface area contributed by atoms with E-state index in [1.807, 2.05) is 6.92 Å². The fourth-order valence-electron chi connectivity index (χ4n) is 2.28. The first-order valence-electron chi connectivity index (χ1n) is 6.96. The van der Waals surface area contributed by atoms with Crippen molar-refractivity contribution in [1.29, 1.82) is 0 Å². The van der Waals surface area contributed by atoms with Gasteiger partial charge in [0.15, 0.2) is 17.8 Å². The minimum Gasteiger partial charge on any atom is -0.494 e. The van der Waals surface area contributed by atoms with Crippen LogP contribution in [0.15, 0.2) is 36.4 Å². The maximum atomic E-state index is 11.0. The van der Waals surface area contributed by atoms with Crippen LogP contribution in [0.3, 0.4) is 0 Å². The number of nitro benzene ring substituents is 1. The Morgan fingerprint density at radius 1 is 1.22 bits per heavy atom. The lowest BCUT2D eigenvalue weighted by molar-refractivity contribution is -0.385. The van der Waals surface area contributed by atoms with Gasteiger partial charge in [0.25, 0.3) is 12.0 Å². The summed E-state index contributed by atoms with van der Waals surface area (Å²) < 4.78 is 16.6. The molecule has 1 atom stereocenters. The largest absolute Gasteiger partial charge is 0.494 e. The summed E-state index contributed by atoms with van der Waals surface area (Å²) in [6.07, 6.45) is -0.298. The molecule has 0 spiro atoms. The van der Waals surface area contributed by atoms with E-state index >= 15 is 0 Å². The highest BCUT2D eigenvalue weighted by Crippen LogP contribution is 2.43. The number of hydrogen-bond acceptors (Lipinski definition) is 6. The molecule has 118 valence electrons.